The summed E-state index contributed by atoms with van der Waals surface area (Å²) in [6, 6.07) is 7.17. The molecular weight excluding hydrogens is 268 g/mol. The summed E-state index contributed by atoms with van der Waals surface area (Å²) in [7, 11) is 3.18. The number of methoxy groups -OCH3 is 1. The highest BCUT2D eigenvalue weighted by Gasteiger charge is 2.20. The minimum Gasteiger partial charge on any atom is -0.496 e. The van der Waals surface area contributed by atoms with Gasteiger partial charge >= 0.3 is 0 Å². The van der Waals surface area contributed by atoms with E-state index in [4.69, 9.17) is 4.74 Å². The molecule has 1 aromatic carbocycles. The molecule has 0 aromatic heterocycles. The number of hydrogen-bond donors (Lipinski definition) is 2. The third-order valence-corrected chi connectivity index (χ3v) is 3.47. The summed E-state index contributed by atoms with van der Waals surface area (Å²) in [4.78, 5) is 23.7. The average molecular weight is 292 g/mol. The summed E-state index contributed by atoms with van der Waals surface area (Å²) in [6.45, 7) is 3.84. The quantitative estimate of drug-likeness (QED) is 0.805. The third kappa shape index (κ3) is 4.77. The SMILES string of the molecule is CCC(NC(=O)CC(C)c1ccccc1OC)C(=O)NC. The molecular formula is C16H24N2O3. The van der Waals surface area contributed by atoms with Gasteiger partial charge in [0.2, 0.25) is 11.8 Å². The van der Waals surface area contributed by atoms with Gasteiger partial charge in [0.05, 0.1) is 7.11 Å². The number of benzene rings is 1. The molecule has 0 aliphatic heterocycles. The first-order chi connectivity index (χ1) is 10.0. The minimum absolute atomic E-state index is 0.0170. The van der Waals surface area contributed by atoms with E-state index in [0.717, 1.165) is 11.3 Å². The zero-order valence-corrected chi connectivity index (χ0v) is 13.1. The van der Waals surface area contributed by atoms with Crippen molar-refractivity contribution in [1.29, 1.82) is 0 Å². The summed E-state index contributed by atoms with van der Waals surface area (Å²) in [5.41, 5.74) is 0.989. The van der Waals surface area contributed by atoms with Crippen molar-refractivity contribution in [2.75, 3.05) is 14.2 Å². The van der Waals surface area contributed by atoms with Crippen LogP contribution in [0.15, 0.2) is 24.3 Å². The molecule has 0 aliphatic rings. The molecule has 0 saturated heterocycles. The summed E-state index contributed by atoms with van der Waals surface area (Å²) in [6.07, 6.45) is 0.877. The number of likely N-dealkylation sites (N-methyl/N-ethyl adjacent to an activating group) is 1. The molecule has 2 amide bonds. The van der Waals surface area contributed by atoms with Gasteiger partial charge in [-0.1, -0.05) is 32.0 Å². The summed E-state index contributed by atoms with van der Waals surface area (Å²) in [5.74, 6) is 0.485. The van der Waals surface area contributed by atoms with E-state index in [1.54, 1.807) is 14.2 Å². The highest BCUT2D eigenvalue weighted by molar-refractivity contribution is 5.87. The first-order valence-electron chi connectivity index (χ1n) is 7.17. The molecule has 5 heteroatoms. The van der Waals surface area contributed by atoms with E-state index in [1.807, 2.05) is 38.1 Å². The Labute approximate surface area is 126 Å². The van der Waals surface area contributed by atoms with Crippen LogP contribution in [-0.2, 0) is 9.59 Å². The van der Waals surface area contributed by atoms with E-state index in [1.165, 1.54) is 0 Å². The van der Waals surface area contributed by atoms with Gasteiger partial charge in [0, 0.05) is 13.5 Å². The van der Waals surface area contributed by atoms with Crippen LogP contribution < -0.4 is 15.4 Å². The molecule has 5 nitrogen and oxygen atoms in total. The molecule has 0 radical (unpaired) electrons. The monoisotopic (exact) mass is 292 g/mol. The lowest BCUT2D eigenvalue weighted by Crippen LogP contribution is -2.45. The number of para-hydroxylation sites is 1. The van der Waals surface area contributed by atoms with E-state index in [2.05, 4.69) is 10.6 Å². The maximum Gasteiger partial charge on any atom is 0.242 e. The molecule has 0 heterocycles. The van der Waals surface area contributed by atoms with Crippen LogP contribution in [0.2, 0.25) is 0 Å². The molecule has 0 fully saturated rings. The molecule has 0 saturated carbocycles. The van der Waals surface area contributed by atoms with Gasteiger partial charge in [-0.15, -0.1) is 0 Å². The van der Waals surface area contributed by atoms with Crippen LogP contribution in [0.4, 0.5) is 0 Å². The van der Waals surface area contributed by atoms with E-state index >= 15 is 0 Å². The number of nitrogens with one attached hydrogen (secondary N) is 2. The Hall–Kier alpha value is -2.04. The topological polar surface area (TPSA) is 67.4 Å². The Bertz CT molecular complexity index is 488. The molecule has 1 aromatic rings. The van der Waals surface area contributed by atoms with Crippen LogP contribution in [0.5, 0.6) is 5.75 Å². The van der Waals surface area contributed by atoms with Crippen LogP contribution in [0.3, 0.4) is 0 Å². The van der Waals surface area contributed by atoms with Crippen LogP contribution in [0, 0.1) is 0 Å². The summed E-state index contributed by atoms with van der Waals surface area (Å²) >= 11 is 0. The Kier molecular flexibility index (Phi) is 6.72. The summed E-state index contributed by atoms with van der Waals surface area (Å²) < 4.78 is 5.31. The average Bonchev–Trinajstić information content (AvgIpc) is 2.51. The van der Waals surface area contributed by atoms with Gasteiger partial charge in [0.25, 0.3) is 0 Å². The fraction of sp³-hybridized carbons (Fsp3) is 0.500. The lowest BCUT2D eigenvalue weighted by Gasteiger charge is -2.18. The third-order valence-electron chi connectivity index (χ3n) is 3.47. The normalized spacial score (nSPS) is 13.1. The van der Waals surface area contributed by atoms with Gasteiger partial charge < -0.3 is 15.4 Å². The Morgan fingerprint density at radius 3 is 2.52 bits per heavy atom. The van der Waals surface area contributed by atoms with E-state index < -0.39 is 6.04 Å². The molecule has 2 unspecified atom stereocenters. The zero-order chi connectivity index (χ0) is 15.8. The molecule has 0 spiro atoms. The molecule has 116 valence electrons. The zero-order valence-electron chi connectivity index (χ0n) is 13.1. The lowest BCUT2D eigenvalue weighted by atomic mass is 9.96. The van der Waals surface area contributed by atoms with Gasteiger partial charge in [0.1, 0.15) is 11.8 Å². The Morgan fingerprint density at radius 2 is 1.95 bits per heavy atom. The highest BCUT2D eigenvalue weighted by atomic mass is 16.5. The number of ether oxygens (including phenoxy) is 1. The van der Waals surface area contributed by atoms with Crippen molar-refractivity contribution in [1.82, 2.24) is 10.6 Å². The molecule has 21 heavy (non-hydrogen) atoms. The number of rotatable bonds is 7. The van der Waals surface area contributed by atoms with Crippen molar-refractivity contribution in [3.63, 3.8) is 0 Å². The van der Waals surface area contributed by atoms with E-state index in [-0.39, 0.29) is 17.7 Å². The Morgan fingerprint density at radius 1 is 1.29 bits per heavy atom. The van der Waals surface area contributed by atoms with Crippen molar-refractivity contribution in [2.45, 2.75) is 38.6 Å². The van der Waals surface area contributed by atoms with Gasteiger partial charge in [0.15, 0.2) is 0 Å². The minimum atomic E-state index is -0.479. The highest BCUT2D eigenvalue weighted by Crippen LogP contribution is 2.28. The maximum atomic E-state index is 12.1. The second kappa shape index (κ2) is 8.29. The number of carbonyl (C=O) groups is 2. The maximum absolute atomic E-state index is 12.1. The van der Waals surface area contributed by atoms with E-state index in [0.29, 0.717) is 12.8 Å². The Balaban J connectivity index is 2.67. The van der Waals surface area contributed by atoms with Crippen LogP contribution in [0.25, 0.3) is 0 Å². The predicted octanol–water partition coefficient (Wildman–Crippen LogP) is 1.83. The number of carbonyl (C=O) groups excluding carboxylic acids is 2. The number of hydrogen-bond acceptors (Lipinski definition) is 3. The van der Waals surface area contributed by atoms with Gasteiger partial charge in [-0.2, -0.15) is 0 Å². The van der Waals surface area contributed by atoms with Crippen molar-refractivity contribution in [3.05, 3.63) is 29.8 Å². The van der Waals surface area contributed by atoms with Gasteiger partial charge in [-0.3, -0.25) is 9.59 Å². The van der Waals surface area contributed by atoms with E-state index in [9.17, 15) is 9.59 Å². The first-order valence-corrected chi connectivity index (χ1v) is 7.17. The summed E-state index contributed by atoms with van der Waals surface area (Å²) in [5, 5.41) is 5.31. The predicted molar refractivity (Wildman–Crippen MR) is 82.3 cm³/mol. The molecule has 2 N–H and O–H groups in total. The first kappa shape index (κ1) is 17.0. The molecule has 2 atom stereocenters. The molecule has 0 bridgehead atoms. The standard InChI is InChI=1S/C16H24N2O3/c1-5-13(16(20)17-3)18-15(19)10-11(2)12-8-6-7-9-14(12)21-4/h6-9,11,13H,5,10H2,1-4H3,(H,17,20)(H,18,19). The number of amides is 2. The fourth-order valence-corrected chi connectivity index (χ4v) is 2.24. The van der Waals surface area contributed by atoms with Crippen LogP contribution >= 0.6 is 0 Å². The van der Waals surface area contributed by atoms with Crippen molar-refractivity contribution in [2.24, 2.45) is 0 Å². The smallest absolute Gasteiger partial charge is 0.242 e. The van der Waals surface area contributed by atoms with Crippen molar-refractivity contribution >= 4 is 11.8 Å². The second-order valence-electron chi connectivity index (χ2n) is 4.99. The molecule has 1 rings (SSSR count). The van der Waals surface area contributed by atoms with Crippen LogP contribution in [-0.4, -0.2) is 32.0 Å². The van der Waals surface area contributed by atoms with Crippen molar-refractivity contribution < 1.29 is 14.3 Å². The second-order valence-corrected chi connectivity index (χ2v) is 4.99. The largest absolute Gasteiger partial charge is 0.496 e. The molecule has 0 aliphatic carbocycles. The van der Waals surface area contributed by atoms with Gasteiger partial charge in [-0.05, 0) is 24.0 Å². The fourth-order valence-electron chi connectivity index (χ4n) is 2.24. The lowest BCUT2D eigenvalue weighted by molar-refractivity contribution is -0.129. The van der Waals surface area contributed by atoms with Crippen molar-refractivity contribution in [3.8, 4) is 5.75 Å². The van der Waals surface area contributed by atoms with Crippen LogP contribution in [0.1, 0.15) is 38.2 Å². The van der Waals surface area contributed by atoms with Gasteiger partial charge in [-0.25, -0.2) is 0 Å².